The summed E-state index contributed by atoms with van der Waals surface area (Å²) in [4.78, 5) is 4.11. The molecule has 0 saturated heterocycles. The van der Waals surface area contributed by atoms with Gasteiger partial charge in [0, 0.05) is 12.4 Å². The Labute approximate surface area is 148 Å². The first-order valence-corrected chi connectivity index (χ1v) is 8.98. The smallest absolute Gasteiger partial charge is 0.0951 e. The fourth-order valence-corrected chi connectivity index (χ4v) is 2.87. The minimum absolute atomic E-state index is 0. The first-order valence-electron chi connectivity index (χ1n) is 8.98. The topological polar surface area (TPSA) is 17.8 Å². The maximum absolute atomic E-state index is 4.11. The van der Waals surface area contributed by atoms with Crippen LogP contribution < -0.4 is 0 Å². The Morgan fingerprint density at radius 3 is 1.95 bits per heavy atom. The molecule has 128 valence electrons. The minimum atomic E-state index is 0. The van der Waals surface area contributed by atoms with Crippen LogP contribution in [0.15, 0.2) is 31.4 Å². The van der Waals surface area contributed by atoms with Gasteiger partial charge in [-0.25, -0.2) is 4.98 Å². The lowest BCUT2D eigenvalue weighted by atomic mass is 10.0. The van der Waals surface area contributed by atoms with E-state index in [1.54, 1.807) is 0 Å². The highest BCUT2D eigenvalue weighted by Gasteiger charge is 2.04. The second kappa shape index (κ2) is 15.3. The van der Waals surface area contributed by atoms with Gasteiger partial charge in [0.15, 0.2) is 0 Å². The molecule has 0 aliphatic carbocycles. The van der Waals surface area contributed by atoms with Crippen LogP contribution in [0.25, 0.3) is 0 Å². The highest BCUT2D eigenvalue weighted by molar-refractivity contribution is 8.93. The van der Waals surface area contributed by atoms with Crippen LogP contribution in [-0.2, 0) is 0 Å². The zero-order valence-corrected chi connectivity index (χ0v) is 16.1. The molecule has 0 aliphatic rings. The Kier molecular flexibility index (Phi) is 14.9. The molecule has 22 heavy (non-hydrogen) atoms. The summed E-state index contributed by atoms with van der Waals surface area (Å²) in [5.41, 5.74) is 0. The van der Waals surface area contributed by atoms with Crippen molar-refractivity contribution in [2.75, 3.05) is 0 Å². The van der Waals surface area contributed by atoms with Crippen molar-refractivity contribution in [3.8, 4) is 0 Å². The van der Waals surface area contributed by atoms with E-state index < -0.39 is 0 Å². The van der Waals surface area contributed by atoms with E-state index in [9.17, 15) is 0 Å². The average Bonchev–Trinajstić information content (AvgIpc) is 3.03. The van der Waals surface area contributed by atoms with Crippen molar-refractivity contribution in [2.24, 2.45) is 0 Å². The lowest BCUT2D eigenvalue weighted by Gasteiger charge is -2.13. The Morgan fingerprint density at radius 1 is 0.955 bits per heavy atom. The van der Waals surface area contributed by atoms with Crippen molar-refractivity contribution in [2.45, 2.75) is 90.0 Å². The zero-order valence-electron chi connectivity index (χ0n) is 14.4. The summed E-state index contributed by atoms with van der Waals surface area (Å²) < 4.78 is 2.16. The van der Waals surface area contributed by atoms with Crippen molar-refractivity contribution in [1.82, 2.24) is 9.55 Å². The molecule has 0 aromatic carbocycles. The summed E-state index contributed by atoms with van der Waals surface area (Å²) in [6.45, 7) is 6.22. The van der Waals surface area contributed by atoms with Gasteiger partial charge in [-0.3, -0.25) is 0 Å². The van der Waals surface area contributed by atoms with Crippen LogP contribution in [0.2, 0.25) is 0 Å². The summed E-state index contributed by atoms with van der Waals surface area (Å²) in [6, 6.07) is 0.422. The van der Waals surface area contributed by atoms with Crippen LogP contribution in [0.3, 0.4) is 0 Å². The number of hydrogen-bond acceptors (Lipinski definition) is 1. The normalized spacial score (nSPS) is 11.9. The maximum atomic E-state index is 4.11. The summed E-state index contributed by atoms with van der Waals surface area (Å²) in [5.74, 6) is 0. The summed E-state index contributed by atoms with van der Waals surface area (Å²) in [6.07, 6.45) is 24.4. The van der Waals surface area contributed by atoms with Gasteiger partial charge >= 0.3 is 0 Å². The highest BCUT2D eigenvalue weighted by atomic mass is 79.9. The number of nitrogens with zero attached hydrogens (tertiary/aromatic N) is 2. The molecule has 0 amide bonds. The molecule has 1 heterocycles. The standard InChI is InChI=1S/C19H34N2.BrH/c1-3-5-6-7-8-9-10-11-12-13-14-15-19(4-2)21-17-16-20-18-21;/h4,16-19H,2-3,5-15H2,1H3;1H. The van der Waals surface area contributed by atoms with Gasteiger partial charge in [0.1, 0.15) is 0 Å². The molecule has 2 nitrogen and oxygen atoms in total. The van der Waals surface area contributed by atoms with Crippen molar-refractivity contribution in [1.29, 1.82) is 0 Å². The number of imidazole rings is 1. The van der Waals surface area contributed by atoms with Crippen LogP contribution in [-0.4, -0.2) is 9.55 Å². The minimum Gasteiger partial charge on any atom is -0.331 e. The summed E-state index contributed by atoms with van der Waals surface area (Å²) in [7, 11) is 0. The van der Waals surface area contributed by atoms with Crippen LogP contribution in [0.4, 0.5) is 0 Å². The molecule has 0 radical (unpaired) electrons. The lowest BCUT2D eigenvalue weighted by Crippen LogP contribution is -2.03. The quantitative estimate of drug-likeness (QED) is 0.257. The fraction of sp³-hybridized carbons (Fsp3) is 0.737. The molecule has 0 aliphatic heterocycles. The van der Waals surface area contributed by atoms with E-state index in [0.29, 0.717) is 6.04 Å². The molecule has 1 unspecified atom stereocenters. The van der Waals surface area contributed by atoms with Crippen molar-refractivity contribution in [3.05, 3.63) is 31.4 Å². The number of aromatic nitrogens is 2. The first-order chi connectivity index (χ1) is 10.4. The van der Waals surface area contributed by atoms with Gasteiger partial charge in [0.05, 0.1) is 12.4 Å². The van der Waals surface area contributed by atoms with Gasteiger partial charge in [-0.2, -0.15) is 0 Å². The molecule has 0 bridgehead atoms. The first kappa shape index (κ1) is 21.4. The number of allylic oxidation sites excluding steroid dienone is 1. The second-order valence-corrected chi connectivity index (χ2v) is 6.14. The third-order valence-corrected chi connectivity index (χ3v) is 4.28. The molecular weight excluding hydrogens is 336 g/mol. The molecular formula is C19H35BrN2. The molecule has 1 aromatic heterocycles. The Morgan fingerprint density at radius 2 is 1.50 bits per heavy atom. The van der Waals surface area contributed by atoms with E-state index in [4.69, 9.17) is 0 Å². The summed E-state index contributed by atoms with van der Waals surface area (Å²) in [5, 5.41) is 0. The number of unbranched alkanes of at least 4 members (excludes halogenated alkanes) is 10. The predicted octanol–water partition coefficient (Wildman–Crippen LogP) is 6.89. The lowest BCUT2D eigenvalue weighted by molar-refractivity contribution is 0.497. The van der Waals surface area contributed by atoms with E-state index in [-0.39, 0.29) is 17.0 Å². The van der Waals surface area contributed by atoms with E-state index in [1.807, 2.05) is 24.8 Å². The molecule has 1 atom stereocenters. The van der Waals surface area contributed by atoms with Gasteiger partial charge < -0.3 is 4.57 Å². The van der Waals surface area contributed by atoms with Gasteiger partial charge in [0.25, 0.3) is 0 Å². The van der Waals surface area contributed by atoms with Gasteiger partial charge in [-0.1, -0.05) is 83.6 Å². The summed E-state index contributed by atoms with van der Waals surface area (Å²) >= 11 is 0. The number of rotatable bonds is 14. The second-order valence-electron chi connectivity index (χ2n) is 6.14. The fourth-order valence-electron chi connectivity index (χ4n) is 2.87. The molecule has 0 spiro atoms. The Hall–Kier alpha value is -0.570. The molecule has 3 heteroatoms. The van der Waals surface area contributed by atoms with Crippen LogP contribution >= 0.6 is 17.0 Å². The Bertz CT molecular complexity index is 335. The van der Waals surface area contributed by atoms with Crippen molar-refractivity contribution in [3.63, 3.8) is 0 Å². The molecule has 0 N–H and O–H groups in total. The van der Waals surface area contributed by atoms with E-state index in [0.717, 1.165) is 0 Å². The van der Waals surface area contributed by atoms with Crippen LogP contribution in [0.5, 0.6) is 0 Å². The maximum Gasteiger partial charge on any atom is 0.0951 e. The molecule has 1 rings (SSSR count). The third-order valence-electron chi connectivity index (χ3n) is 4.28. The average molecular weight is 371 g/mol. The Balaban J connectivity index is 0.00000441. The highest BCUT2D eigenvalue weighted by Crippen LogP contribution is 2.18. The van der Waals surface area contributed by atoms with Gasteiger partial charge in [0.2, 0.25) is 0 Å². The molecule has 1 aromatic rings. The van der Waals surface area contributed by atoms with Crippen LogP contribution in [0, 0.1) is 0 Å². The van der Waals surface area contributed by atoms with Crippen molar-refractivity contribution >= 4 is 17.0 Å². The number of hydrogen-bond donors (Lipinski definition) is 0. The number of halogens is 1. The molecule has 0 fully saturated rings. The van der Waals surface area contributed by atoms with Crippen LogP contribution in [0.1, 0.15) is 90.0 Å². The third kappa shape index (κ3) is 10.2. The largest absolute Gasteiger partial charge is 0.331 e. The van der Waals surface area contributed by atoms with E-state index >= 15 is 0 Å². The van der Waals surface area contributed by atoms with E-state index in [1.165, 1.54) is 77.0 Å². The van der Waals surface area contributed by atoms with Gasteiger partial charge in [-0.15, -0.1) is 23.6 Å². The SMILES string of the molecule is Br.C=CC(CCCCCCCCCCCCC)n1ccnc1. The zero-order chi connectivity index (χ0) is 15.2. The predicted molar refractivity (Wildman–Crippen MR) is 103 cm³/mol. The van der Waals surface area contributed by atoms with Crippen molar-refractivity contribution < 1.29 is 0 Å². The van der Waals surface area contributed by atoms with E-state index in [2.05, 4.69) is 23.1 Å². The monoisotopic (exact) mass is 370 g/mol. The molecule has 0 saturated carbocycles. The van der Waals surface area contributed by atoms with Gasteiger partial charge in [-0.05, 0) is 6.42 Å².